The van der Waals surface area contributed by atoms with Gasteiger partial charge in [0.2, 0.25) is 17.7 Å². The van der Waals surface area contributed by atoms with Crippen molar-refractivity contribution in [1.82, 2.24) is 30.9 Å². The fraction of sp³-hybridized carbons (Fsp3) is 0.429. The lowest BCUT2D eigenvalue weighted by molar-refractivity contribution is -0.142. The Bertz CT molecular complexity index is 1420. The molecule has 1 aromatic carbocycles. The van der Waals surface area contributed by atoms with Gasteiger partial charge in [-0.2, -0.15) is 11.8 Å². The van der Waals surface area contributed by atoms with E-state index in [9.17, 15) is 24.3 Å². The first-order chi connectivity index (χ1) is 21.1. The van der Waals surface area contributed by atoms with Crippen molar-refractivity contribution in [2.75, 3.05) is 18.6 Å². The number of thioether (sulfide) groups is 1. The summed E-state index contributed by atoms with van der Waals surface area (Å²) in [6.07, 6.45) is 7.51. The van der Waals surface area contributed by atoms with Crippen LogP contribution in [0.2, 0.25) is 0 Å². The molecule has 3 aromatic rings. The highest BCUT2D eigenvalue weighted by Gasteiger charge is 2.30. The van der Waals surface area contributed by atoms with Gasteiger partial charge in [-0.05, 0) is 49.3 Å². The summed E-state index contributed by atoms with van der Waals surface area (Å²) in [5.74, 6) is -2.68. The molecule has 0 radical (unpaired) electrons. The molecule has 2 heterocycles. The van der Waals surface area contributed by atoms with E-state index < -0.39 is 47.9 Å². The fourth-order valence-corrected chi connectivity index (χ4v) is 5.02. The highest BCUT2D eigenvalue weighted by Crippen LogP contribution is 2.19. The molecule has 0 aliphatic carbocycles. The number of nitrogens with two attached hydrogens (primary N) is 3. The minimum atomic E-state index is -1.23. The number of rotatable bonds is 18. The zero-order chi connectivity index (χ0) is 32.1. The third-order valence-electron chi connectivity index (χ3n) is 6.87. The molecule has 0 saturated carbocycles. The first kappa shape index (κ1) is 33.9. The lowest BCUT2D eigenvalue weighted by Gasteiger charge is -2.25. The fourth-order valence-electron chi connectivity index (χ4n) is 4.54. The quantitative estimate of drug-likeness (QED) is 0.0488. The highest BCUT2D eigenvalue weighted by molar-refractivity contribution is 7.98. The van der Waals surface area contributed by atoms with Crippen molar-refractivity contribution in [2.24, 2.45) is 22.2 Å². The van der Waals surface area contributed by atoms with Crippen LogP contribution >= 0.6 is 11.8 Å². The van der Waals surface area contributed by atoms with Crippen LogP contribution < -0.4 is 33.2 Å². The second-order valence-electron chi connectivity index (χ2n) is 10.2. The van der Waals surface area contributed by atoms with Gasteiger partial charge in [0.15, 0.2) is 5.96 Å². The zero-order valence-corrected chi connectivity index (χ0v) is 25.2. The second kappa shape index (κ2) is 16.9. The Morgan fingerprint density at radius 3 is 2.36 bits per heavy atom. The Balaban J connectivity index is 1.70. The summed E-state index contributed by atoms with van der Waals surface area (Å²) >= 11 is 1.46. The van der Waals surface area contributed by atoms with Crippen molar-refractivity contribution in [2.45, 2.75) is 56.3 Å². The Labute approximate surface area is 258 Å². The topological polar surface area (TPSA) is 259 Å². The van der Waals surface area contributed by atoms with Crippen LogP contribution in [0.4, 0.5) is 0 Å². The molecule has 238 valence electrons. The van der Waals surface area contributed by atoms with Crippen molar-refractivity contribution < 1.29 is 24.3 Å². The summed E-state index contributed by atoms with van der Waals surface area (Å²) in [6, 6.07) is 3.31. The molecule has 16 heteroatoms. The Morgan fingerprint density at radius 2 is 1.68 bits per heavy atom. The van der Waals surface area contributed by atoms with E-state index in [1.54, 1.807) is 6.20 Å². The van der Waals surface area contributed by atoms with Crippen molar-refractivity contribution in [3.63, 3.8) is 0 Å². The normalized spacial score (nSPS) is 13.8. The average molecular weight is 629 g/mol. The van der Waals surface area contributed by atoms with Crippen LogP contribution in [0.25, 0.3) is 10.9 Å². The highest BCUT2D eigenvalue weighted by atomic mass is 32.2. The zero-order valence-electron chi connectivity index (χ0n) is 24.4. The van der Waals surface area contributed by atoms with Gasteiger partial charge in [-0.15, -0.1) is 0 Å². The number of nitrogens with one attached hydrogen (secondary N) is 5. The predicted octanol–water partition coefficient (Wildman–Crippen LogP) is -0.651. The monoisotopic (exact) mass is 628 g/mol. The molecule has 0 bridgehead atoms. The van der Waals surface area contributed by atoms with Crippen LogP contribution in [0.5, 0.6) is 0 Å². The van der Waals surface area contributed by atoms with E-state index in [2.05, 4.69) is 35.9 Å². The first-order valence-corrected chi connectivity index (χ1v) is 15.4. The molecule has 0 aliphatic heterocycles. The number of carboxylic acid groups (broad SMARTS) is 1. The number of carbonyl (C=O) groups excluding carboxylic acids is 3. The Kier molecular flexibility index (Phi) is 13.0. The summed E-state index contributed by atoms with van der Waals surface area (Å²) in [7, 11) is 0. The molecule has 3 amide bonds. The number of hydrogen-bond acceptors (Lipinski definition) is 8. The maximum atomic E-state index is 13.5. The van der Waals surface area contributed by atoms with Gasteiger partial charge in [0.05, 0.1) is 12.4 Å². The SMILES string of the molecule is CSCCC(NC(=O)C(Cc1cnc[nH]1)NC(=O)C(N)Cc1c[nH]c2ccccc12)C(=O)NC(CCCN=C(N)N)C(=O)O. The number of carbonyl (C=O) groups is 4. The lowest BCUT2D eigenvalue weighted by atomic mass is 10.0. The maximum Gasteiger partial charge on any atom is 0.326 e. The summed E-state index contributed by atoms with van der Waals surface area (Å²) in [5.41, 5.74) is 19.2. The number of hydrogen-bond donors (Lipinski definition) is 9. The van der Waals surface area contributed by atoms with Crippen molar-refractivity contribution >= 4 is 52.3 Å². The standard InChI is InChI=1S/C28H40N10O5S/c1-44-10-8-21(25(40)37-22(27(42)43)7-4-9-33-28(30)31)36-26(41)23(12-17-14-32-15-35-17)38-24(39)19(29)11-16-13-34-20-6-3-2-5-18(16)20/h2-3,5-6,13-15,19,21-23,34H,4,7-12,29H2,1H3,(H,32,35)(H,36,41)(H,37,40)(H,38,39)(H,42,43)(H4,30,31,33). The maximum absolute atomic E-state index is 13.5. The molecule has 0 fully saturated rings. The number of aromatic amines is 2. The van der Waals surface area contributed by atoms with Crippen LogP contribution in [-0.2, 0) is 32.0 Å². The summed E-state index contributed by atoms with van der Waals surface area (Å²) in [5, 5.41) is 18.5. The van der Waals surface area contributed by atoms with Gasteiger partial charge in [0.25, 0.3) is 0 Å². The molecule has 0 aliphatic rings. The average Bonchev–Trinajstić information content (AvgIpc) is 3.66. The minimum absolute atomic E-state index is 0.0524. The van der Waals surface area contributed by atoms with Gasteiger partial charge < -0.3 is 48.2 Å². The predicted molar refractivity (Wildman–Crippen MR) is 169 cm³/mol. The number of carboxylic acids is 1. The van der Waals surface area contributed by atoms with Gasteiger partial charge in [-0.25, -0.2) is 9.78 Å². The third kappa shape index (κ3) is 10.3. The van der Waals surface area contributed by atoms with Crippen molar-refractivity contribution in [3.05, 3.63) is 54.2 Å². The number of benzene rings is 1. The van der Waals surface area contributed by atoms with Gasteiger partial charge >= 0.3 is 5.97 Å². The molecule has 15 nitrogen and oxygen atoms in total. The number of amides is 3. The molecular formula is C28H40N10O5S. The van der Waals surface area contributed by atoms with Crippen molar-refractivity contribution in [1.29, 1.82) is 0 Å². The van der Waals surface area contributed by atoms with E-state index in [-0.39, 0.29) is 38.2 Å². The van der Waals surface area contributed by atoms with Crippen LogP contribution in [0.3, 0.4) is 0 Å². The van der Waals surface area contributed by atoms with E-state index in [1.165, 1.54) is 24.3 Å². The number of aliphatic imine (C=N–C) groups is 1. The number of guanidine groups is 1. The largest absolute Gasteiger partial charge is 0.480 e. The van der Waals surface area contributed by atoms with Gasteiger partial charge in [0.1, 0.15) is 18.1 Å². The molecule has 0 saturated heterocycles. The van der Waals surface area contributed by atoms with Crippen LogP contribution in [0.1, 0.15) is 30.5 Å². The number of imidazole rings is 1. The number of para-hydroxylation sites is 1. The third-order valence-corrected chi connectivity index (χ3v) is 7.51. The minimum Gasteiger partial charge on any atom is -0.480 e. The van der Waals surface area contributed by atoms with Gasteiger partial charge in [-0.3, -0.25) is 19.4 Å². The van der Waals surface area contributed by atoms with E-state index in [4.69, 9.17) is 17.2 Å². The molecule has 0 spiro atoms. The van der Waals surface area contributed by atoms with E-state index >= 15 is 0 Å². The molecule has 2 aromatic heterocycles. The van der Waals surface area contributed by atoms with Crippen LogP contribution in [0.15, 0.2) is 48.0 Å². The summed E-state index contributed by atoms with van der Waals surface area (Å²) < 4.78 is 0. The van der Waals surface area contributed by atoms with Gasteiger partial charge in [-0.1, -0.05) is 18.2 Å². The first-order valence-electron chi connectivity index (χ1n) is 14.0. The Morgan fingerprint density at radius 1 is 0.977 bits per heavy atom. The molecule has 44 heavy (non-hydrogen) atoms. The number of aliphatic carboxylic acids is 1. The molecule has 4 unspecified atom stereocenters. The van der Waals surface area contributed by atoms with Gasteiger partial charge in [0, 0.05) is 42.0 Å². The Hall–Kier alpha value is -4.57. The number of aromatic nitrogens is 3. The van der Waals surface area contributed by atoms with E-state index in [1.807, 2.05) is 30.5 Å². The van der Waals surface area contributed by atoms with E-state index in [0.717, 1.165) is 16.5 Å². The summed E-state index contributed by atoms with van der Waals surface area (Å²) in [4.78, 5) is 65.6. The van der Waals surface area contributed by atoms with Crippen LogP contribution in [0, 0.1) is 0 Å². The number of H-pyrrole nitrogens is 2. The van der Waals surface area contributed by atoms with E-state index in [0.29, 0.717) is 17.9 Å². The lowest BCUT2D eigenvalue weighted by Crippen LogP contribution is -2.58. The van der Waals surface area contributed by atoms with Crippen molar-refractivity contribution in [3.8, 4) is 0 Å². The molecule has 12 N–H and O–H groups in total. The molecule has 4 atom stereocenters. The number of fused-ring (bicyclic) bond motifs is 1. The second-order valence-corrected chi connectivity index (χ2v) is 11.2. The summed E-state index contributed by atoms with van der Waals surface area (Å²) in [6.45, 7) is 0.200. The smallest absolute Gasteiger partial charge is 0.326 e. The molecular weight excluding hydrogens is 588 g/mol. The molecule has 3 rings (SSSR count). The number of nitrogens with zero attached hydrogens (tertiary/aromatic N) is 2. The van der Waals surface area contributed by atoms with Crippen LogP contribution in [-0.4, -0.2) is 92.4 Å².